The average molecular weight is 738 g/mol. The van der Waals surface area contributed by atoms with E-state index in [0.29, 0.717) is 0 Å². The van der Waals surface area contributed by atoms with Crippen LogP contribution in [-0.2, 0) is 5.41 Å². The second-order valence-electron chi connectivity index (χ2n) is 14.9. The van der Waals surface area contributed by atoms with Crippen LogP contribution in [0, 0.1) is 0 Å². The maximum absolute atomic E-state index is 5.96. The number of fused-ring (bicyclic) bond motifs is 10. The summed E-state index contributed by atoms with van der Waals surface area (Å²) in [6.45, 7) is 4.75. The maximum atomic E-state index is 5.96. The fourth-order valence-electron chi connectivity index (χ4n) is 9.68. The second kappa shape index (κ2) is 11.2. The topological polar surface area (TPSA) is 30.7 Å². The van der Waals surface area contributed by atoms with Crippen LogP contribution in [0.15, 0.2) is 176 Å². The molecular formula is C49H35GeN3. The summed E-state index contributed by atoms with van der Waals surface area (Å²) in [6, 6.07) is 64.6. The van der Waals surface area contributed by atoms with Gasteiger partial charge >= 0.3 is 313 Å². The van der Waals surface area contributed by atoms with E-state index in [1.54, 1.807) is 0 Å². The number of rotatable bonds is 4. The molecule has 0 unspecified atom stereocenters. The molecule has 2 aliphatic rings. The molecule has 0 spiro atoms. The first-order chi connectivity index (χ1) is 26.1. The third kappa shape index (κ3) is 4.06. The van der Waals surface area contributed by atoms with Crippen molar-refractivity contribution in [2.45, 2.75) is 19.3 Å². The predicted octanol–water partition coefficient (Wildman–Crippen LogP) is 8.90. The molecule has 1 aliphatic carbocycles. The summed E-state index contributed by atoms with van der Waals surface area (Å²) < 4.78 is 7.73. The molecule has 3 heterocycles. The van der Waals surface area contributed by atoms with Crippen LogP contribution in [0.4, 0.5) is 0 Å². The van der Waals surface area contributed by atoms with E-state index in [1.165, 1.54) is 67.4 Å². The van der Waals surface area contributed by atoms with Crippen LogP contribution < -0.4 is 17.7 Å². The van der Waals surface area contributed by atoms with Gasteiger partial charge in [-0.1, -0.05) is 0 Å². The zero-order valence-corrected chi connectivity index (χ0v) is 31.7. The molecule has 7 aromatic carbocycles. The second-order valence-corrected chi connectivity index (χ2v) is 22.6. The van der Waals surface area contributed by atoms with Crippen molar-refractivity contribution in [1.82, 2.24) is 14.5 Å². The Balaban J connectivity index is 1.34. The molecular weight excluding hydrogens is 703 g/mol. The van der Waals surface area contributed by atoms with Crippen molar-refractivity contribution < 1.29 is 0 Å². The van der Waals surface area contributed by atoms with Crippen LogP contribution in [-0.4, -0.2) is 27.8 Å². The molecule has 0 saturated heterocycles. The third-order valence-electron chi connectivity index (χ3n) is 11.9. The first kappa shape index (κ1) is 30.6. The standard InChI is InChI=1S/C49H35GeN3/c1-49(2)40-27-15-12-24-35(40)37-30-31-38-36-25-14-17-29-42(36)53(46(38)44(37)49)48-51-45(32-18-6-3-7-19-32)43-39-26-13-16-28-41(39)50(47(43)52-48,33-20-8-4-9-21-33)34-22-10-5-11-23-34/h3-31H,1-2H3. The van der Waals surface area contributed by atoms with Gasteiger partial charge in [-0.2, -0.15) is 0 Å². The molecule has 0 fully saturated rings. The zero-order chi connectivity index (χ0) is 35.3. The van der Waals surface area contributed by atoms with Crippen LogP contribution in [0.3, 0.4) is 0 Å². The van der Waals surface area contributed by atoms with Crippen LogP contribution in [0.1, 0.15) is 25.0 Å². The summed E-state index contributed by atoms with van der Waals surface area (Å²) in [5, 5.41) is 2.44. The van der Waals surface area contributed by atoms with Crippen molar-refractivity contribution in [3.05, 3.63) is 187 Å². The van der Waals surface area contributed by atoms with Crippen molar-refractivity contribution in [1.29, 1.82) is 0 Å². The van der Waals surface area contributed by atoms with Gasteiger partial charge < -0.3 is 0 Å². The SMILES string of the molecule is CC1(C)c2ccccc2-c2ccc3c4ccccc4n(-c4nc(-c5ccccc5)c5[c](n4)[Ge]([c]4ccccc4)([c]4ccccc4)[c]4ccccc4-5)c3c21. The molecule has 0 radical (unpaired) electrons. The molecule has 0 amide bonds. The summed E-state index contributed by atoms with van der Waals surface area (Å²) in [5.41, 5.74) is 11.9. The van der Waals surface area contributed by atoms with Gasteiger partial charge in [-0.05, 0) is 0 Å². The Labute approximate surface area is 311 Å². The summed E-state index contributed by atoms with van der Waals surface area (Å²) >= 11 is -3.72. The van der Waals surface area contributed by atoms with Gasteiger partial charge in [0.05, 0.1) is 0 Å². The van der Waals surface area contributed by atoms with E-state index in [0.717, 1.165) is 22.7 Å². The third-order valence-corrected chi connectivity index (χ3v) is 21.8. The first-order valence-electron chi connectivity index (χ1n) is 18.4. The zero-order valence-electron chi connectivity index (χ0n) is 29.6. The monoisotopic (exact) mass is 739 g/mol. The summed E-state index contributed by atoms with van der Waals surface area (Å²) in [5.74, 6) is 0.726. The Morgan fingerprint density at radius 1 is 0.509 bits per heavy atom. The van der Waals surface area contributed by atoms with Crippen LogP contribution >= 0.6 is 0 Å². The van der Waals surface area contributed by atoms with E-state index < -0.39 is 13.3 Å². The van der Waals surface area contributed by atoms with E-state index in [1.807, 2.05) is 0 Å². The molecule has 2 aromatic heterocycles. The Hall–Kier alpha value is -6.04. The molecule has 53 heavy (non-hydrogen) atoms. The summed E-state index contributed by atoms with van der Waals surface area (Å²) in [6.07, 6.45) is 0. The van der Waals surface area contributed by atoms with Gasteiger partial charge in [0, 0.05) is 0 Å². The molecule has 0 saturated carbocycles. The number of aromatic nitrogens is 3. The van der Waals surface area contributed by atoms with Crippen LogP contribution in [0.2, 0.25) is 0 Å². The van der Waals surface area contributed by atoms with E-state index in [4.69, 9.17) is 9.97 Å². The molecule has 11 rings (SSSR count). The minimum atomic E-state index is -3.72. The molecule has 3 nitrogen and oxygen atoms in total. The van der Waals surface area contributed by atoms with E-state index in [-0.39, 0.29) is 5.41 Å². The van der Waals surface area contributed by atoms with Crippen molar-refractivity contribution in [3.8, 4) is 39.5 Å². The van der Waals surface area contributed by atoms with Crippen molar-refractivity contribution in [2.75, 3.05) is 0 Å². The number of benzene rings is 7. The van der Waals surface area contributed by atoms with E-state index >= 15 is 0 Å². The van der Waals surface area contributed by atoms with Crippen molar-refractivity contribution in [2.24, 2.45) is 0 Å². The quantitative estimate of drug-likeness (QED) is 0.169. The Morgan fingerprint density at radius 3 is 1.85 bits per heavy atom. The van der Waals surface area contributed by atoms with Crippen LogP contribution in [0.5, 0.6) is 0 Å². The number of para-hydroxylation sites is 1. The number of nitrogens with zero attached hydrogens (tertiary/aromatic N) is 3. The fourth-order valence-corrected chi connectivity index (χ4v) is 20.2. The fraction of sp³-hybridized carbons (Fsp3) is 0.0612. The normalized spacial score (nSPS) is 14.5. The van der Waals surface area contributed by atoms with Gasteiger partial charge in [-0.3, -0.25) is 0 Å². The molecule has 0 atom stereocenters. The summed E-state index contributed by atoms with van der Waals surface area (Å²) in [4.78, 5) is 11.7. The average Bonchev–Trinajstić information content (AvgIpc) is 3.80. The number of hydrogen-bond acceptors (Lipinski definition) is 2. The molecule has 9 aromatic rings. The van der Waals surface area contributed by atoms with Gasteiger partial charge in [0.2, 0.25) is 0 Å². The Bertz CT molecular complexity index is 2870. The van der Waals surface area contributed by atoms with Gasteiger partial charge in [0.25, 0.3) is 0 Å². The molecule has 1 aliphatic heterocycles. The van der Waals surface area contributed by atoms with Crippen molar-refractivity contribution >= 4 is 52.8 Å². The first-order valence-corrected chi connectivity index (χ1v) is 22.6. The molecule has 250 valence electrons. The van der Waals surface area contributed by atoms with E-state index in [2.05, 4.69) is 194 Å². The predicted molar refractivity (Wildman–Crippen MR) is 222 cm³/mol. The molecule has 0 N–H and O–H groups in total. The van der Waals surface area contributed by atoms with Crippen molar-refractivity contribution in [3.63, 3.8) is 0 Å². The molecule has 4 heteroatoms. The van der Waals surface area contributed by atoms with Gasteiger partial charge in [0.15, 0.2) is 0 Å². The van der Waals surface area contributed by atoms with Gasteiger partial charge in [0.1, 0.15) is 0 Å². The van der Waals surface area contributed by atoms with E-state index in [9.17, 15) is 0 Å². The van der Waals surface area contributed by atoms with Gasteiger partial charge in [-0.15, -0.1) is 0 Å². The molecule has 0 bridgehead atoms. The van der Waals surface area contributed by atoms with Gasteiger partial charge in [-0.25, -0.2) is 0 Å². The van der Waals surface area contributed by atoms with Crippen LogP contribution in [0.25, 0.3) is 61.3 Å². The Morgan fingerprint density at radius 2 is 1.11 bits per heavy atom. The summed E-state index contributed by atoms with van der Waals surface area (Å²) in [7, 11) is 0. The number of hydrogen-bond donors (Lipinski definition) is 0. The minimum absolute atomic E-state index is 0.220. The Kier molecular flexibility index (Phi) is 6.48.